The molecule has 0 heterocycles. The first-order chi connectivity index (χ1) is 5.85. The lowest BCUT2D eigenvalue weighted by Crippen LogP contribution is -1.75. The fraction of sp³-hybridized carbons (Fsp3) is 0.455. The van der Waals surface area contributed by atoms with E-state index in [0.29, 0.717) is 0 Å². The maximum atomic E-state index is 11.7. The Hall–Kier alpha value is -1.03. The summed E-state index contributed by atoms with van der Waals surface area (Å²) < 4.78 is 11.7. The molecule has 0 aromatic heterocycles. The van der Waals surface area contributed by atoms with E-state index in [1.807, 2.05) is 19.1 Å². The lowest BCUT2D eigenvalue weighted by atomic mass is 10.2. The summed E-state index contributed by atoms with van der Waals surface area (Å²) in [7, 11) is 0. The summed E-state index contributed by atoms with van der Waals surface area (Å²) in [4.78, 5) is 0. The number of hydrogen-bond donors (Lipinski definition) is 0. The molecule has 68 valence electrons. The predicted octanol–water partition coefficient (Wildman–Crippen LogP) is 3.51. The van der Waals surface area contributed by atoms with Gasteiger partial charge in [-0.15, -0.1) is 12.8 Å². The highest BCUT2D eigenvalue weighted by molar-refractivity contribution is 5.17. The quantitative estimate of drug-likeness (QED) is 0.445. The lowest BCUT2D eigenvalue weighted by Gasteiger charge is -1.92. The summed E-state index contributed by atoms with van der Waals surface area (Å²) in [6.45, 7) is 3.75. The number of terminal acetylenes is 1. The van der Waals surface area contributed by atoms with Gasteiger partial charge in [0.1, 0.15) is 6.67 Å². The minimum Gasteiger partial charge on any atom is -0.247 e. The predicted molar refractivity (Wildman–Crippen MR) is 53.7 cm³/mol. The smallest absolute Gasteiger partial charge is 0.108 e. The van der Waals surface area contributed by atoms with E-state index in [1.54, 1.807) is 6.08 Å². The molecule has 0 aromatic carbocycles. The zero-order valence-electron chi connectivity index (χ0n) is 7.89. The van der Waals surface area contributed by atoms with E-state index >= 15 is 0 Å². The topological polar surface area (TPSA) is 0 Å². The van der Waals surface area contributed by atoms with E-state index in [1.165, 1.54) is 0 Å². The average Bonchev–Trinajstić information content (AvgIpc) is 2.15. The molecule has 0 aliphatic rings. The molecule has 0 atom stereocenters. The standard InChI is InChI=1S/C9H15F.C2H2/c1-3-5-6-9(4-2)7-8-10;1-2/h5-7H,3-4,8H2,1-2H3;1-2H/b6-5-,9-7-;. The van der Waals surface area contributed by atoms with Crippen LogP contribution in [0.4, 0.5) is 4.39 Å². The Labute approximate surface area is 75.2 Å². The van der Waals surface area contributed by atoms with Crippen LogP contribution in [0.1, 0.15) is 26.7 Å². The van der Waals surface area contributed by atoms with Crippen molar-refractivity contribution in [2.24, 2.45) is 0 Å². The third-order valence-corrected chi connectivity index (χ3v) is 1.32. The summed E-state index contributed by atoms with van der Waals surface area (Å²) in [6, 6.07) is 0. The molecular weight excluding hydrogens is 151 g/mol. The largest absolute Gasteiger partial charge is 0.247 e. The van der Waals surface area contributed by atoms with Crippen LogP contribution in [0, 0.1) is 12.8 Å². The molecule has 0 rings (SSSR count). The summed E-state index contributed by atoms with van der Waals surface area (Å²) in [6.07, 6.45) is 15.6. The molecule has 0 aliphatic carbocycles. The Morgan fingerprint density at radius 3 is 2.25 bits per heavy atom. The van der Waals surface area contributed by atoms with Crippen molar-refractivity contribution < 1.29 is 4.39 Å². The third kappa shape index (κ3) is 8.97. The van der Waals surface area contributed by atoms with Crippen LogP contribution in [0.3, 0.4) is 0 Å². The van der Waals surface area contributed by atoms with E-state index in [-0.39, 0.29) is 6.67 Å². The monoisotopic (exact) mass is 168 g/mol. The van der Waals surface area contributed by atoms with Crippen molar-refractivity contribution >= 4 is 0 Å². The molecule has 0 bridgehead atoms. The minimum atomic E-state index is -0.350. The van der Waals surface area contributed by atoms with Crippen molar-refractivity contribution in [3.05, 3.63) is 23.8 Å². The normalized spacial score (nSPS) is 10.9. The molecular formula is C11H17F. The van der Waals surface area contributed by atoms with Gasteiger partial charge in [0.25, 0.3) is 0 Å². The van der Waals surface area contributed by atoms with Gasteiger partial charge in [0.05, 0.1) is 0 Å². The first kappa shape index (κ1) is 13.6. The van der Waals surface area contributed by atoms with Gasteiger partial charge in [0, 0.05) is 0 Å². The first-order valence-electron chi connectivity index (χ1n) is 4.10. The molecule has 0 spiro atoms. The van der Waals surface area contributed by atoms with Gasteiger partial charge >= 0.3 is 0 Å². The van der Waals surface area contributed by atoms with Crippen LogP contribution in [0.25, 0.3) is 0 Å². The molecule has 0 radical (unpaired) electrons. The highest BCUT2D eigenvalue weighted by Crippen LogP contribution is 2.02. The SMILES string of the molecule is C#C.CC/C=C\C(=C/CF)CC. The van der Waals surface area contributed by atoms with Crippen molar-refractivity contribution in [3.8, 4) is 12.8 Å². The number of halogens is 1. The van der Waals surface area contributed by atoms with Crippen molar-refractivity contribution in [2.75, 3.05) is 6.67 Å². The van der Waals surface area contributed by atoms with E-state index in [9.17, 15) is 4.39 Å². The molecule has 0 nitrogen and oxygen atoms in total. The van der Waals surface area contributed by atoms with Crippen LogP contribution >= 0.6 is 0 Å². The molecule has 0 fully saturated rings. The van der Waals surface area contributed by atoms with Crippen molar-refractivity contribution in [1.29, 1.82) is 0 Å². The van der Waals surface area contributed by atoms with Gasteiger partial charge in [-0.1, -0.05) is 37.6 Å². The highest BCUT2D eigenvalue weighted by atomic mass is 19.1. The van der Waals surface area contributed by atoms with Crippen molar-refractivity contribution in [1.82, 2.24) is 0 Å². The second kappa shape index (κ2) is 12.6. The zero-order chi connectivity index (χ0) is 9.82. The fourth-order valence-electron chi connectivity index (χ4n) is 0.699. The summed E-state index contributed by atoms with van der Waals surface area (Å²) in [5, 5.41) is 0. The van der Waals surface area contributed by atoms with Crippen LogP contribution in [0.2, 0.25) is 0 Å². The molecule has 0 saturated heterocycles. The van der Waals surface area contributed by atoms with Gasteiger partial charge in [-0.05, 0) is 12.8 Å². The van der Waals surface area contributed by atoms with E-state index < -0.39 is 0 Å². The molecule has 0 unspecified atom stereocenters. The van der Waals surface area contributed by atoms with Gasteiger partial charge in [0.15, 0.2) is 0 Å². The van der Waals surface area contributed by atoms with E-state index in [4.69, 9.17) is 0 Å². The second-order valence-electron chi connectivity index (χ2n) is 2.10. The van der Waals surface area contributed by atoms with Gasteiger partial charge in [0.2, 0.25) is 0 Å². The summed E-state index contributed by atoms with van der Waals surface area (Å²) >= 11 is 0. The number of hydrogen-bond acceptors (Lipinski definition) is 0. The Morgan fingerprint density at radius 1 is 1.33 bits per heavy atom. The van der Waals surface area contributed by atoms with Crippen LogP contribution in [-0.4, -0.2) is 6.67 Å². The van der Waals surface area contributed by atoms with E-state index in [2.05, 4.69) is 19.8 Å². The average molecular weight is 168 g/mol. The Balaban J connectivity index is 0. The molecule has 0 amide bonds. The Kier molecular flexibility index (Phi) is 14.3. The first-order valence-corrected chi connectivity index (χ1v) is 4.10. The van der Waals surface area contributed by atoms with E-state index in [0.717, 1.165) is 18.4 Å². The maximum Gasteiger partial charge on any atom is 0.108 e. The summed E-state index contributed by atoms with van der Waals surface area (Å²) in [5.41, 5.74) is 1.09. The molecule has 0 aliphatic heterocycles. The number of alkyl halides is 1. The molecule has 0 N–H and O–H groups in total. The van der Waals surface area contributed by atoms with Gasteiger partial charge in [-0.25, -0.2) is 4.39 Å². The van der Waals surface area contributed by atoms with Crippen LogP contribution in [0.15, 0.2) is 23.8 Å². The van der Waals surface area contributed by atoms with Crippen molar-refractivity contribution in [3.63, 3.8) is 0 Å². The second-order valence-corrected chi connectivity index (χ2v) is 2.10. The zero-order valence-corrected chi connectivity index (χ0v) is 7.89. The lowest BCUT2D eigenvalue weighted by molar-refractivity contribution is 0.559. The van der Waals surface area contributed by atoms with Crippen LogP contribution in [-0.2, 0) is 0 Å². The molecule has 0 aromatic rings. The van der Waals surface area contributed by atoms with Crippen LogP contribution in [0.5, 0.6) is 0 Å². The fourth-order valence-corrected chi connectivity index (χ4v) is 0.699. The van der Waals surface area contributed by atoms with Gasteiger partial charge in [-0.3, -0.25) is 0 Å². The Bertz CT molecular complexity index is 152. The summed E-state index contributed by atoms with van der Waals surface area (Å²) in [5.74, 6) is 0. The third-order valence-electron chi connectivity index (χ3n) is 1.32. The van der Waals surface area contributed by atoms with Gasteiger partial charge < -0.3 is 0 Å². The molecule has 1 heteroatoms. The Morgan fingerprint density at radius 2 is 1.92 bits per heavy atom. The van der Waals surface area contributed by atoms with Gasteiger partial charge in [-0.2, -0.15) is 0 Å². The number of rotatable bonds is 4. The van der Waals surface area contributed by atoms with Crippen LogP contribution < -0.4 is 0 Å². The molecule has 12 heavy (non-hydrogen) atoms. The minimum absolute atomic E-state index is 0.350. The number of allylic oxidation sites excluding steroid dienone is 4. The maximum absolute atomic E-state index is 11.7. The molecule has 0 saturated carbocycles. The highest BCUT2D eigenvalue weighted by Gasteiger charge is 1.84. The van der Waals surface area contributed by atoms with Crippen molar-refractivity contribution in [2.45, 2.75) is 26.7 Å².